The number of methoxy groups -OCH3 is 1. The van der Waals surface area contributed by atoms with E-state index in [1.165, 1.54) is 19.2 Å². The second kappa shape index (κ2) is 6.91. The Labute approximate surface area is 131 Å². The summed E-state index contributed by atoms with van der Waals surface area (Å²) in [6, 6.07) is 8.06. The zero-order chi connectivity index (χ0) is 15.4. The average Bonchev–Trinajstić information content (AvgIpc) is 2.48. The Bertz CT molecular complexity index is 644. The summed E-state index contributed by atoms with van der Waals surface area (Å²) >= 11 is 3.40. The minimum atomic E-state index is -0.291. The number of ether oxygens (including phenoxy) is 2. The largest absolute Gasteiger partial charge is 0.493 e. The van der Waals surface area contributed by atoms with Crippen LogP contribution in [-0.4, -0.2) is 12.2 Å². The van der Waals surface area contributed by atoms with E-state index in [1.54, 1.807) is 18.2 Å². The fraction of sp³-hybridized carbons (Fsp3) is 0.250. The van der Waals surface area contributed by atoms with Gasteiger partial charge in [-0.05, 0) is 63.8 Å². The molecule has 2 aromatic carbocycles. The van der Waals surface area contributed by atoms with Gasteiger partial charge in [-0.15, -0.1) is 0 Å². The minimum Gasteiger partial charge on any atom is -0.493 e. The van der Waals surface area contributed by atoms with Crippen LogP contribution in [-0.2, 0) is 13.2 Å². The van der Waals surface area contributed by atoms with Crippen molar-refractivity contribution < 1.29 is 19.0 Å². The molecule has 2 aromatic rings. The van der Waals surface area contributed by atoms with Gasteiger partial charge in [0.05, 0.1) is 18.2 Å². The van der Waals surface area contributed by atoms with Crippen LogP contribution in [0.4, 0.5) is 4.39 Å². The highest BCUT2D eigenvalue weighted by molar-refractivity contribution is 9.10. The Balaban J connectivity index is 2.25. The Morgan fingerprint density at radius 2 is 2.00 bits per heavy atom. The number of hydrogen-bond acceptors (Lipinski definition) is 3. The van der Waals surface area contributed by atoms with E-state index in [1.807, 2.05) is 6.92 Å². The SMILES string of the molecule is COc1cc(CO)cc(Br)c1OCc1cc(F)ccc1C. The van der Waals surface area contributed by atoms with Crippen LogP contribution < -0.4 is 9.47 Å². The van der Waals surface area contributed by atoms with E-state index < -0.39 is 0 Å². The molecule has 0 fully saturated rings. The number of aliphatic hydroxyl groups excluding tert-OH is 1. The third-order valence-corrected chi connectivity index (χ3v) is 3.74. The summed E-state index contributed by atoms with van der Waals surface area (Å²) < 4.78 is 25.0. The van der Waals surface area contributed by atoms with Crippen LogP contribution in [0.5, 0.6) is 11.5 Å². The molecule has 0 atom stereocenters. The lowest BCUT2D eigenvalue weighted by molar-refractivity contribution is 0.272. The predicted molar refractivity (Wildman–Crippen MR) is 82.1 cm³/mol. The first-order chi connectivity index (χ1) is 10.0. The first-order valence-corrected chi connectivity index (χ1v) is 7.19. The van der Waals surface area contributed by atoms with E-state index in [2.05, 4.69) is 15.9 Å². The van der Waals surface area contributed by atoms with Crippen molar-refractivity contribution in [1.29, 1.82) is 0 Å². The number of halogens is 2. The summed E-state index contributed by atoms with van der Waals surface area (Å²) in [5.74, 6) is 0.752. The Kier molecular flexibility index (Phi) is 5.20. The van der Waals surface area contributed by atoms with E-state index in [-0.39, 0.29) is 19.0 Å². The maximum absolute atomic E-state index is 13.3. The first-order valence-electron chi connectivity index (χ1n) is 6.40. The van der Waals surface area contributed by atoms with Gasteiger partial charge in [0.15, 0.2) is 11.5 Å². The summed E-state index contributed by atoms with van der Waals surface area (Å²) in [5, 5.41) is 9.19. The molecule has 0 aliphatic carbocycles. The van der Waals surface area contributed by atoms with Crippen molar-refractivity contribution in [3.8, 4) is 11.5 Å². The van der Waals surface area contributed by atoms with Crippen LogP contribution in [0.1, 0.15) is 16.7 Å². The zero-order valence-electron chi connectivity index (χ0n) is 11.8. The van der Waals surface area contributed by atoms with Crippen LogP contribution >= 0.6 is 15.9 Å². The fourth-order valence-corrected chi connectivity index (χ4v) is 2.55. The fourth-order valence-electron chi connectivity index (χ4n) is 1.95. The summed E-state index contributed by atoms with van der Waals surface area (Å²) in [7, 11) is 1.53. The van der Waals surface area contributed by atoms with Crippen molar-refractivity contribution in [3.05, 3.63) is 57.3 Å². The van der Waals surface area contributed by atoms with Gasteiger partial charge in [0, 0.05) is 0 Å². The van der Waals surface area contributed by atoms with E-state index in [9.17, 15) is 9.50 Å². The Morgan fingerprint density at radius 1 is 1.24 bits per heavy atom. The van der Waals surface area contributed by atoms with Crippen LogP contribution in [0.25, 0.3) is 0 Å². The van der Waals surface area contributed by atoms with Crippen LogP contribution in [0.15, 0.2) is 34.8 Å². The van der Waals surface area contributed by atoms with Crippen molar-refractivity contribution in [3.63, 3.8) is 0 Å². The molecule has 0 aliphatic heterocycles. The molecule has 0 aliphatic rings. The molecule has 2 rings (SSSR count). The normalized spacial score (nSPS) is 10.5. The van der Waals surface area contributed by atoms with Gasteiger partial charge in [0.1, 0.15) is 12.4 Å². The molecule has 21 heavy (non-hydrogen) atoms. The lowest BCUT2D eigenvalue weighted by Crippen LogP contribution is -2.01. The van der Waals surface area contributed by atoms with E-state index in [0.717, 1.165) is 11.1 Å². The molecule has 0 unspecified atom stereocenters. The number of aliphatic hydroxyl groups is 1. The van der Waals surface area contributed by atoms with E-state index >= 15 is 0 Å². The summed E-state index contributed by atoms with van der Waals surface area (Å²) in [5.41, 5.74) is 2.45. The number of hydrogen-bond donors (Lipinski definition) is 1. The highest BCUT2D eigenvalue weighted by atomic mass is 79.9. The van der Waals surface area contributed by atoms with Gasteiger partial charge in [0.25, 0.3) is 0 Å². The van der Waals surface area contributed by atoms with Crippen LogP contribution in [0, 0.1) is 12.7 Å². The number of aryl methyl sites for hydroxylation is 1. The lowest BCUT2D eigenvalue weighted by atomic mass is 10.1. The molecule has 112 valence electrons. The quantitative estimate of drug-likeness (QED) is 0.882. The van der Waals surface area contributed by atoms with Crippen LogP contribution in [0.3, 0.4) is 0 Å². The second-order valence-electron chi connectivity index (χ2n) is 4.63. The molecular formula is C16H16BrFO3. The number of rotatable bonds is 5. The monoisotopic (exact) mass is 354 g/mol. The zero-order valence-corrected chi connectivity index (χ0v) is 13.4. The molecule has 0 amide bonds. The molecule has 0 heterocycles. The van der Waals surface area contributed by atoms with Gasteiger partial charge in [-0.3, -0.25) is 0 Å². The van der Waals surface area contributed by atoms with Crippen molar-refractivity contribution in [1.82, 2.24) is 0 Å². The third-order valence-electron chi connectivity index (χ3n) is 3.15. The van der Waals surface area contributed by atoms with Crippen molar-refractivity contribution in [2.75, 3.05) is 7.11 Å². The summed E-state index contributed by atoms with van der Waals surface area (Å²) in [6.07, 6.45) is 0. The van der Waals surface area contributed by atoms with Gasteiger partial charge in [-0.1, -0.05) is 6.07 Å². The predicted octanol–water partition coefficient (Wildman–Crippen LogP) is 3.98. The topological polar surface area (TPSA) is 38.7 Å². The Morgan fingerprint density at radius 3 is 2.67 bits per heavy atom. The van der Waals surface area contributed by atoms with Crippen LogP contribution in [0.2, 0.25) is 0 Å². The molecule has 0 saturated heterocycles. The van der Waals surface area contributed by atoms with E-state index in [0.29, 0.717) is 21.5 Å². The summed E-state index contributed by atoms with van der Waals surface area (Å²) in [4.78, 5) is 0. The summed E-state index contributed by atoms with van der Waals surface area (Å²) in [6.45, 7) is 2.05. The molecule has 1 N–H and O–H groups in total. The van der Waals surface area contributed by atoms with Crippen molar-refractivity contribution >= 4 is 15.9 Å². The van der Waals surface area contributed by atoms with Gasteiger partial charge < -0.3 is 14.6 Å². The molecule has 0 saturated carbocycles. The Hall–Kier alpha value is -1.59. The van der Waals surface area contributed by atoms with Crippen molar-refractivity contribution in [2.24, 2.45) is 0 Å². The highest BCUT2D eigenvalue weighted by Gasteiger charge is 2.12. The van der Waals surface area contributed by atoms with Crippen molar-refractivity contribution in [2.45, 2.75) is 20.1 Å². The minimum absolute atomic E-state index is 0.0851. The van der Waals surface area contributed by atoms with Gasteiger partial charge in [-0.2, -0.15) is 0 Å². The van der Waals surface area contributed by atoms with Gasteiger partial charge in [-0.25, -0.2) is 4.39 Å². The molecule has 0 radical (unpaired) electrons. The standard InChI is InChI=1S/C16H16BrFO3/c1-10-3-4-13(18)7-12(10)9-21-16-14(17)5-11(8-19)6-15(16)20-2/h3-7,19H,8-9H2,1-2H3. The van der Waals surface area contributed by atoms with E-state index in [4.69, 9.17) is 9.47 Å². The smallest absolute Gasteiger partial charge is 0.175 e. The second-order valence-corrected chi connectivity index (χ2v) is 5.48. The highest BCUT2D eigenvalue weighted by Crippen LogP contribution is 2.37. The maximum Gasteiger partial charge on any atom is 0.175 e. The molecular weight excluding hydrogens is 339 g/mol. The third kappa shape index (κ3) is 3.74. The molecule has 5 heteroatoms. The van der Waals surface area contributed by atoms with Gasteiger partial charge in [0.2, 0.25) is 0 Å². The molecule has 0 aromatic heterocycles. The molecule has 0 spiro atoms. The first kappa shape index (κ1) is 15.8. The maximum atomic E-state index is 13.3. The number of benzene rings is 2. The average molecular weight is 355 g/mol. The van der Waals surface area contributed by atoms with Gasteiger partial charge >= 0.3 is 0 Å². The molecule has 3 nitrogen and oxygen atoms in total. The lowest BCUT2D eigenvalue weighted by Gasteiger charge is -2.15. The molecule has 0 bridgehead atoms.